The van der Waals surface area contributed by atoms with Crippen LogP contribution in [-0.2, 0) is 24.1 Å². The van der Waals surface area contributed by atoms with Crippen molar-refractivity contribution in [2.75, 3.05) is 0 Å². The van der Waals surface area contributed by atoms with Crippen LogP contribution in [0.3, 0.4) is 0 Å². The Balaban J connectivity index is 1.78. The van der Waals surface area contributed by atoms with E-state index in [1.807, 2.05) is 0 Å². The second-order valence-electron chi connectivity index (χ2n) is 4.38. The lowest BCUT2D eigenvalue weighted by Crippen LogP contribution is -2.24. The van der Waals surface area contributed by atoms with E-state index in [9.17, 15) is 18.0 Å². The van der Waals surface area contributed by atoms with Crippen LogP contribution in [0.4, 0.5) is 13.2 Å². The molecule has 1 heterocycles. The zero-order valence-electron chi connectivity index (χ0n) is 11.0. The van der Waals surface area contributed by atoms with E-state index < -0.39 is 11.7 Å². The molecule has 1 aromatic carbocycles. The molecule has 0 aliphatic carbocycles. The predicted molar refractivity (Wildman–Crippen MR) is 67.9 cm³/mol. The average Bonchev–Trinajstić information content (AvgIpc) is 2.95. The lowest BCUT2D eigenvalue weighted by molar-refractivity contribution is -0.137. The number of rotatable bonds is 5. The van der Waals surface area contributed by atoms with Gasteiger partial charge in [-0.05, 0) is 17.7 Å². The lowest BCUT2D eigenvalue weighted by Gasteiger charge is -2.08. The van der Waals surface area contributed by atoms with E-state index >= 15 is 0 Å². The molecule has 0 spiro atoms. The number of aromatic nitrogens is 3. The van der Waals surface area contributed by atoms with E-state index in [-0.39, 0.29) is 18.9 Å². The Bertz CT molecular complexity index is 578. The maximum Gasteiger partial charge on any atom is 0.416 e. The van der Waals surface area contributed by atoms with Crippen LogP contribution in [0.25, 0.3) is 0 Å². The van der Waals surface area contributed by atoms with Gasteiger partial charge >= 0.3 is 6.18 Å². The molecule has 1 amide bonds. The summed E-state index contributed by atoms with van der Waals surface area (Å²) in [4.78, 5) is 15.3. The first kappa shape index (κ1) is 15.0. The summed E-state index contributed by atoms with van der Waals surface area (Å²) in [5.74, 6) is -0.203. The van der Waals surface area contributed by atoms with Gasteiger partial charge in [0.25, 0.3) is 0 Å². The molecule has 0 aliphatic heterocycles. The van der Waals surface area contributed by atoms with Crippen molar-refractivity contribution in [1.82, 2.24) is 20.1 Å². The fraction of sp³-hybridized carbons (Fsp3) is 0.308. The number of carbonyl (C=O) groups excluding carboxylic acids is 1. The van der Waals surface area contributed by atoms with Gasteiger partial charge in [-0.15, -0.1) is 0 Å². The summed E-state index contributed by atoms with van der Waals surface area (Å²) in [5, 5.41) is 6.50. The second-order valence-corrected chi connectivity index (χ2v) is 4.38. The van der Waals surface area contributed by atoms with Crippen LogP contribution < -0.4 is 5.32 Å². The molecular formula is C13H13F3N4O. The third kappa shape index (κ3) is 4.59. The molecule has 5 nitrogen and oxygen atoms in total. The first-order chi connectivity index (χ1) is 9.95. The average molecular weight is 298 g/mol. The van der Waals surface area contributed by atoms with E-state index in [0.29, 0.717) is 12.1 Å². The van der Waals surface area contributed by atoms with Crippen molar-refractivity contribution in [2.45, 2.75) is 25.7 Å². The minimum absolute atomic E-state index is 0.189. The molecule has 0 atom stereocenters. The van der Waals surface area contributed by atoms with Gasteiger partial charge in [-0.1, -0.05) is 12.1 Å². The third-order valence-electron chi connectivity index (χ3n) is 2.81. The number of aryl methyl sites for hydroxylation is 1. The van der Waals surface area contributed by atoms with Crippen LogP contribution in [0.1, 0.15) is 17.5 Å². The molecule has 0 bridgehead atoms. The van der Waals surface area contributed by atoms with E-state index in [0.717, 1.165) is 12.1 Å². The van der Waals surface area contributed by atoms with Crippen LogP contribution in [0.2, 0.25) is 0 Å². The van der Waals surface area contributed by atoms with Crippen molar-refractivity contribution in [3.05, 3.63) is 48.0 Å². The van der Waals surface area contributed by atoms with Crippen LogP contribution in [0.5, 0.6) is 0 Å². The molecule has 8 heteroatoms. The van der Waals surface area contributed by atoms with E-state index in [1.54, 1.807) is 0 Å². The smallest absolute Gasteiger partial charge is 0.352 e. The molecule has 0 fully saturated rings. The zero-order chi connectivity index (χ0) is 15.3. The Morgan fingerprint density at radius 1 is 1.24 bits per heavy atom. The monoisotopic (exact) mass is 298 g/mol. The number of hydrogen-bond donors (Lipinski definition) is 1. The van der Waals surface area contributed by atoms with Crippen LogP contribution in [0, 0.1) is 0 Å². The SMILES string of the molecule is O=C(CCn1cncn1)NCc1ccc(C(F)(F)F)cc1. The standard InChI is InChI=1S/C13H13F3N4O/c14-13(15,16)11-3-1-10(2-4-11)7-18-12(21)5-6-20-9-17-8-19-20/h1-4,8-9H,5-7H2,(H,18,21). The minimum atomic E-state index is -4.35. The Morgan fingerprint density at radius 2 is 1.95 bits per heavy atom. The summed E-state index contributed by atoms with van der Waals surface area (Å²) in [7, 11) is 0. The number of halogens is 3. The molecule has 0 saturated heterocycles. The molecule has 0 aliphatic rings. The number of benzene rings is 1. The maximum absolute atomic E-state index is 12.4. The van der Waals surface area contributed by atoms with Gasteiger partial charge in [0, 0.05) is 13.0 Å². The Morgan fingerprint density at radius 3 is 2.52 bits per heavy atom. The highest BCUT2D eigenvalue weighted by Crippen LogP contribution is 2.28. The van der Waals surface area contributed by atoms with E-state index in [2.05, 4.69) is 15.4 Å². The molecule has 2 rings (SSSR count). The van der Waals surface area contributed by atoms with Crippen molar-refractivity contribution >= 4 is 5.91 Å². The normalized spacial score (nSPS) is 11.4. The van der Waals surface area contributed by atoms with Crippen molar-refractivity contribution in [3.63, 3.8) is 0 Å². The number of nitrogens with zero attached hydrogens (tertiary/aromatic N) is 3. The highest BCUT2D eigenvalue weighted by molar-refractivity contribution is 5.75. The fourth-order valence-corrected chi connectivity index (χ4v) is 1.66. The van der Waals surface area contributed by atoms with Crippen LogP contribution >= 0.6 is 0 Å². The van der Waals surface area contributed by atoms with Gasteiger partial charge in [-0.2, -0.15) is 18.3 Å². The number of alkyl halides is 3. The van der Waals surface area contributed by atoms with Gasteiger partial charge in [-0.25, -0.2) is 4.98 Å². The quantitative estimate of drug-likeness (QED) is 0.918. The van der Waals surface area contributed by atoms with Gasteiger partial charge in [0.05, 0.1) is 12.1 Å². The summed E-state index contributed by atoms with van der Waals surface area (Å²) in [6.45, 7) is 0.590. The molecule has 112 valence electrons. The van der Waals surface area contributed by atoms with Gasteiger partial charge in [0.15, 0.2) is 0 Å². The topological polar surface area (TPSA) is 59.8 Å². The van der Waals surface area contributed by atoms with Crippen molar-refractivity contribution in [3.8, 4) is 0 Å². The van der Waals surface area contributed by atoms with Crippen LogP contribution in [-0.4, -0.2) is 20.7 Å². The summed E-state index contributed by atoms with van der Waals surface area (Å²) < 4.78 is 38.7. The first-order valence-electron chi connectivity index (χ1n) is 6.20. The third-order valence-corrected chi connectivity index (χ3v) is 2.81. The Hall–Kier alpha value is -2.38. The van der Waals surface area contributed by atoms with E-state index in [1.165, 1.54) is 29.5 Å². The lowest BCUT2D eigenvalue weighted by atomic mass is 10.1. The molecular weight excluding hydrogens is 285 g/mol. The van der Waals surface area contributed by atoms with E-state index in [4.69, 9.17) is 0 Å². The predicted octanol–water partition coefficient (Wildman–Crippen LogP) is 2.00. The highest BCUT2D eigenvalue weighted by Gasteiger charge is 2.29. The summed E-state index contributed by atoms with van der Waals surface area (Å²) in [5.41, 5.74) is -0.0964. The molecule has 0 saturated carbocycles. The molecule has 0 radical (unpaired) electrons. The molecule has 21 heavy (non-hydrogen) atoms. The number of hydrogen-bond acceptors (Lipinski definition) is 3. The Labute approximate surface area is 118 Å². The van der Waals surface area contributed by atoms with Gasteiger partial charge in [0.1, 0.15) is 12.7 Å². The molecule has 0 unspecified atom stereocenters. The van der Waals surface area contributed by atoms with Crippen molar-refractivity contribution < 1.29 is 18.0 Å². The minimum Gasteiger partial charge on any atom is -0.352 e. The van der Waals surface area contributed by atoms with Gasteiger partial charge in [-0.3, -0.25) is 9.48 Å². The van der Waals surface area contributed by atoms with Gasteiger partial charge < -0.3 is 5.32 Å². The van der Waals surface area contributed by atoms with Crippen LogP contribution in [0.15, 0.2) is 36.9 Å². The van der Waals surface area contributed by atoms with Gasteiger partial charge in [0.2, 0.25) is 5.91 Å². The summed E-state index contributed by atoms with van der Waals surface area (Å²) >= 11 is 0. The first-order valence-corrected chi connectivity index (χ1v) is 6.20. The number of amides is 1. The fourth-order valence-electron chi connectivity index (χ4n) is 1.66. The van der Waals surface area contributed by atoms with Crippen molar-refractivity contribution in [2.24, 2.45) is 0 Å². The highest BCUT2D eigenvalue weighted by atomic mass is 19.4. The van der Waals surface area contributed by atoms with Crippen molar-refractivity contribution in [1.29, 1.82) is 0 Å². The molecule has 2 aromatic rings. The summed E-state index contributed by atoms with van der Waals surface area (Å²) in [6.07, 6.45) is -1.24. The summed E-state index contributed by atoms with van der Waals surface area (Å²) in [6, 6.07) is 4.69. The number of nitrogens with one attached hydrogen (secondary N) is 1. The molecule has 1 aromatic heterocycles. The number of carbonyl (C=O) groups is 1. The largest absolute Gasteiger partial charge is 0.416 e. The molecule has 1 N–H and O–H groups in total. The zero-order valence-corrected chi connectivity index (χ0v) is 11.0. The Kier molecular flexibility index (Phi) is 4.56. The second kappa shape index (κ2) is 6.38. The maximum atomic E-state index is 12.4.